The summed E-state index contributed by atoms with van der Waals surface area (Å²) in [6.45, 7) is 1.83. The smallest absolute Gasteiger partial charge is 0.255 e. The van der Waals surface area contributed by atoms with Gasteiger partial charge in [0.25, 0.3) is 5.91 Å². The van der Waals surface area contributed by atoms with Gasteiger partial charge >= 0.3 is 0 Å². The molecule has 116 valence electrons. The van der Waals surface area contributed by atoms with E-state index in [1.807, 2.05) is 6.92 Å². The van der Waals surface area contributed by atoms with Gasteiger partial charge in [0.2, 0.25) is 10.0 Å². The second-order valence-electron chi connectivity index (χ2n) is 4.93. The van der Waals surface area contributed by atoms with Crippen molar-refractivity contribution in [3.05, 3.63) is 53.6 Å². The molecule has 22 heavy (non-hydrogen) atoms. The van der Waals surface area contributed by atoms with Crippen molar-refractivity contribution in [1.29, 1.82) is 0 Å². The fourth-order valence-electron chi connectivity index (χ4n) is 1.88. The maximum absolute atomic E-state index is 12.2. The highest BCUT2D eigenvalue weighted by atomic mass is 32.2. The molecule has 0 heterocycles. The quantitative estimate of drug-likeness (QED) is 0.753. The van der Waals surface area contributed by atoms with Gasteiger partial charge in [-0.2, -0.15) is 0 Å². The number of nitrogens with one attached hydrogen (secondary N) is 2. The van der Waals surface area contributed by atoms with E-state index in [-0.39, 0.29) is 17.0 Å². The third kappa shape index (κ3) is 4.23. The predicted molar refractivity (Wildman–Crippen MR) is 85.7 cm³/mol. The fraction of sp³-hybridized carbons (Fsp3) is 0.133. The Hall–Kier alpha value is -2.54. The standard InChI is InChI=1S/C15H16N2O4S/c1-10-6-7-13(14(18)8-10)16-15(19)11-4-3-5-12(9-11)17-22(2,20)21/h3-9,17-18H,1-2H3,(H,16,19). The Morgan fingerprint density at radius 2 is 1.86 bits per heavy atom. The molecule has 3 N–H and O–H groups in total. The summed E-state index contributed by atoms with van der Waals surface area (Å²) in [5.74, 6) is -0.477. The first-order valence-electron chi connectivity index (χ1n) is 6.43. The Labute approximate surface area is 128 Å². The molecule has 0 aliphatic rings. The predicted octanol–water partition coefficient (Wildman–Crippen LogP) is 2.32. The lowest BCUT2D eigenvalue weighted by molar-refractivity contribution is 0.102. The number of amides is 1. The minimum atomic E-state index is -3.41. The van der Waals surface area contributed by atoms with Crippen molar-refractivity contribution in [3.63, 3.8) is 0 Å². The third-order valence-electron chi connectivity index (χ3n) is 2.83. The Balaban J connectivity index is 2.21. The topological polar surface area (TPSA) is 95.5 Å². The number of benzene rings is 2. The second-order valence-corrected chi connectivity index (χ2v) is 6.68. The number of anilines is 2. The number of carbonyl (C=O) groups is 1. The molecule has 0 aliphatic carbocycles. The number of sulfonamides is 1. The van der Waals surface area contributed by atoms with Crippen LogP contribution in [0.1, 0.15) is 15.9 Å². The van der Waals surface area contributed by atoms with E-state index in [1.165, 1.54) is 12.1 Å². The number of carbonyl (C=O) groups excluding carboxylic acids is 1. The Bertz CT molecular complexity index is 816. The number of phenols is 1. The number of hydrogen-bond acceptors (Lipinski definition) is 4. The molecule has 7 heteroatoms. The van der Waals surface area contributed by atoms with Gasteiger partial charge in [0, 0.05) is 11.3 Å². The van der Waals surface area contributed by atoms with E-state index in [1.54, 1.807) is 30.3 Å². The Morgan fingerprint density at radius 3 is 2.50 bits per heavy atom. The fourth-order valence-corrected chi connectivity index (χ4v) is 2.43. The molecule has 6 nitrogen and oxygen atoms in total. The molecule has 2 aromatic rings. The lowest BCUT2D eigenvalue weighted by atomic mass is 10.1. The van der Waals surface area contributed by atoms with E-state index >= 15 is 0 Å². The summed E-state index contributed by atoms with van der Waals surface area (Å²) in [6, 6.07) is 11.0. The highest BCUT2D eigenvalue weighted by Gasteiger charge is 2.10. The van der Waals surface area contributed by atoms with Crippen molar-refractivity contribution in [1.82, 2.24) is 0 Å². The molecular formula is C15H16N2O4S. The van der Waals surface area contributed by atoms with Crippen LogP contribution < -0.4 is 10.0 Å². The van der Waals surface area contributed by atoms with Gasteiger partial charge in [0.15, 0.2) is 0 Å². The second kappa shape index (κ2) is 6.07. The largest absolute Gasteiger partial charge is 0.506 e. The van der Waals surface area contributed by atoms with E-state index in [0.29, 0.717) is 5.69 Å². The third-order valence-corrected chi connectivity index (χ3v) is 3.44. The summed E-state index contributed by atoms with van der Waals surface area (Å²) in [5.41, 5.74) is 1.73. The van der Waals surface area contributed by atoms with Gasteiger partial charge in [-0.3, -0.25) is 9.52 Å². The zero-order valence-corrected chi connectivity index (χ0v) is 12.9. The summed E-state index contributed by atoms with van der Waals surface area (Å²) in [5, 5.41) is 12.4. The summed E-state index contributed by atoms with van der Waals surface area (Å²) < 4.78 is 24.7. The van der Waals surface area contributed by atoms with Crippen LogP contribution in [0.25, 0.3) is 0 Å². The minimum Gasteiger partial charge on any atom is -0.506 e. The normalized spacial score (nSPS) is 11.0. The molecule has 0 radical (unpaired) electrons. The first-order valence-corrected chi connectivity index (χ1v) is 8.32. The molecule has 0 aromatic heterocycles. The lowest BCUT2D eigenvalue weighted by Gasteiger charge is -2.09. The van der Waals surface area contributed by atoms with E-state index < -0.39 is 15.9 Å². The number of phenolic OH excluding ortho intramolecular Hbond substituents is 1. The summed E-state index contributed by atoms with van der Waals surface area (Å²) in [6.07, 6.45) is 1.03. The Kier molecular flexibility index (Phi) is 4.37. The zero-order chi connectivity index (χ0) is 16.3. The van der Waals surface area contributed by atoms with E-state index in [9.17, 15) is 18.3 Å². The van der Waals surface area contributed by atoms with E-state index in [0.717, 1.165) is 11.8 Å². The molecular weight excluding hydrogens is 304 g/mol. The van der Waals surface area contributed by atoms with Gasteiger partial charge in [0.1, 0.15) is 5.75 Å². The molecule has 0 saturated heterocycles. The van der Waals surface area contributed by atoms with Gasteiger partial charge in [-0.15, -0.1) is 0 Å². The van der Waals surface area contributed by atoms with E-state index in [4.69, 9.17) is 0 Å². The van der Waals surface area contributed by atoms with Gasteiger partial charge in [-0.1, -0.05) is 12.1 Å². The average molecular weight is 320 g/mol. The van der Waals surface area contributed by atoms with Gasteiger partial charge in [-0.05, 0) is 42.8 Å². The number of hydrogen-bond donors (Lipinski definition) is 3. The lowest BCUT2D eigenvalue weighted by Crippen LogP contribution is -2.14. The minimum absolute atomic E-state index is 0.0289. The van der Waals surface area contributed by atoms with Crippen molar-refractivity contribution < 1.29 is 18.3 Å². The van der Waals surface area contributed by atoms with Crippen molar-refractivity contribution >= 4 is 27.3 Å². The van der Waals surface area contributed by atoms with Crippen LogP contribution in [0, 0.1) is 6.92 Å². The van der Waals surface area contributed by atoms with Crippen molar-refractivity contribution in [2.75, 3.05) is 16.3 Å². The molecule has 0 atom stereocenters. The molecule has 0 unspecified atom stereocenters. The summed E-state index contributed by atoms with van der Waals surface area (Å²) in [7, 11) is -3.41. The monoisotopic (exact) mass is 320 g/mol. The average Bonchev–Trinajstić information content (AvgIpc) is 2.40. The first kappa shape index (κ1) is 15.8. The molecule has 0 spiro atoms. The molecule has 1 amide bonds. The number of aromatic hydroxyl groups is 1. The van der Waals surface area contributed by atoms with Crippen LogP contribution in [0.15, 0.2) is 42.5 Å². The summed E-state index contributed by atoms with van der Waals surface area (Å²) >= 11 is 0. The molecule has 0 fully saturated rings. The van der Waals surface area contributed by atoms with E-state index in [2.05, 4.69) is 10.0 Å². The molecule has 0 aliphatic heterocycles. The van der Waals surface area contributed by atoms with Crippen molar-refractivity contribution in [2.45, 2.75) is 6.92 Å². The highest BCUT2D eigenvalue weighted by Crippen LogP contribution is 2.24. The SMILES string of the molecule is Cc1ccc(NC(=O)c2cccc(NS(C)(=O)=O)c2)c(O)c1. The van der Waals surface area contributed by atoms with Gasteiger partial charge in [0.05, 0.1) is 11.9 Å². The van der Waals surface area contributed by atoms with Crippen LogP contribution in [-0.4, -0.2) is 25.7 Å². The zero-order valence-electron chi connectivity index (χ0n) is 12.1. The van der Waals surface area contributed by atoms with Crippen LogP contribution in [0.2, 0.25) is 0 Å². The van der Waals surface area contributed by atoms with Gasteiger partial charge < -0.3 is 10.4 Å². The van der Waals surface area contributed by atoms with Crippen LogP contribution >= 0.6 is 0 Å². The Morgan fingerprint density at radius 1 is 1.14 bits per heavy atom. The maximum atomic E-state index is 12.2. The van der Waals surface area contributed by atoms with Crippen LogP contribution in [0.5, 0.6) is 5.75 Å². The van der Waals surface area contributed by atoms with Gasteiger partial charge in [-0.25, -0.2) is 8.42 Å². The van der Waals surface area contributed by atoms with Crippen LogP contribution in [0.3, 0.4) is 0 Å². The first-order chi connectivity index (χ1) is 10.2. The molecule has 2 rings (SSSR count). The maximum Gasteiger partial charge on any atom is 0.255 e. The number of rotatable bonds is 4. The van der Waals surface area contributed by atoms with Crippen molar-refractivity contribution in [3.8, 4) is 5.75 Å². The molecule has 0 saturated carbocycles. The van der Waals surface area contributed by atoms with Crippen LogP contribution in [-0.2, 0) is 10.0 Å². The van der Waals surface area contributed by atoms with Crippen LogP contribution in [0.4, 0.5) is 11.4 Å². The summed E-state index contributed by atoms with van der Waals surface area (Å²) in [4.78, 5) is 12.2. The van der Waals surface area contributed by atoms with Crippen molar-refractivity contribution in [2.24, 2.45) is 0 Å². The molecule has 2 aromatic carbocycles. The highest BCUT2D eigenvalue weighted by molar-refractivity contribution is 7.92. The molecule has 0 bridgehead atoms. The number of aryl methyl sites for hydroxylation is 1.